The molecule has 3 heteroatoms. The second kappa shape index (κ2) is 3.63. The Morgan fingerprint density at radius 1 is 1.25 bits per heavy atom. The van der Waals surface area contributed by atoms with Crippen molar-refractivity contribution in [1.29, 1.82) is 0 Å². The minimum absolute atomic E-state index is 0.594. The summed E-state index contributed by atoms with van der Waals surface area (Å²) in [5, 5.41) is 12.3. The molecule has 3 nitrogen and oxygen atoms in total. The van der Waals surface area contributed by atoms with Crippen LogP contribution in [0.5, 0.6) is 0 Å². The van der Waals surface area contributed by atoms with Gasteiger partial charge in [-0.2, -0.15) is 10.2 Å². The van der Waals surface area contributed by atoms with Gasteiger partial charge in [0.05, 0.1) is 5.69 Å². The van der Waals surface area contributed by atoms with Gasteiger partial charge in [-0.05, 0) is 25.0 Å². The van der Waals surface area contributed by atoms with E-state index in [1.807, 2.05) is 6.07 Å². The van der Waals surface area contributed by atoms with E-state index in [-0.39, 0.29) is 0 Å². The maximum absolute atomic E-state index is 4.30. The second-order valence-electron chi connectivity index (χ2n) is 3.09. The first-order chi connectivity index (χ1) is 5.97. The normalized spacial score (nSPS) is 19.3. The van der Waals surface area contributed by atoms with E-state index >= 15 is 0 Å². The zero-order chi connectivity index (χ0) is 8.23. The van der Waals surface area contributed by atoms with Gasteiger partial charge in [-0.25, -0.2) is 5.32 Å². The number of piperidine rings is 1. The Balaban J connectivity index is 2.08. The van der Waals surface area contributed by atoms with Crippen molar-refractivity contribution in [3.63, 3.8) is 0 Å². The Morgan fingerprint density at radius 2 is 2.08 bits per heavy atom. The third kappa shape index (κ3) is 1.61. The summed E-state index contributed by atoms with van der Waals surface area (Å²) in [6, 6.07) is 4.01. The largest absolute Gasteiger partial charge is 0.242 e. The summed E-state index contributed by atoms with van der Waals surface area (Å²) < 4.78 is 0. The molecule has 0 aliphatic carbocycles. The van der Waals surface area contributed by atoms with Crippen LogP contribution in [0, 0.1) is 0 Å². The van der Waals surface area contributed by atoms with Crippen LogP contribution in [0.1, 0.15) is 24.5 Å². The molecule has 1 aromatic rings. The monoisotopic (exact) mass is 162 g/mol. The van der Waals surface area contributed by atoms with Crippen LogP contribution in [0.4, 0.5) is 0 Å². The lowest BCUT2D eigenvalue weighted by molar-refractivity contribution is 0.444. The van der Waals surface area contributed by atoms with Crippen LogP contribution in [0.15, 0.2) is 18.3 Å². The van der Waals surface area contributed by atoms with Gasteiger partial charge in [0, 0.05) is 25.2 Å². The van der Waals surface area contributed by atoms with Crippen molar-refractivity contribution in [3.8, 4) is 0 Å². The molecule has 2 heterocycles. The van der Waals surface area contributed by atoms with Gasteiger partial charge in [0.1, 0.15) is 0 Å². The third-order valence-corrected chi connectivity index (χ3v) is 2.28. The Kier molecular flexibility index (Phi) is 2.32. The fourth-order valence-corrected chi connectivity index (χ4v) is 1.58. The van der Waals surface area contributed by atoms with E-state index in [0.717, 1.165) is 31.6 Å². The van der Waals surface area contributed by atoms with Gasteiger partial charge < -0.3 is 0 Å². The average molecular weight is 162 g/mol. The molecule has 12 heavy (non-hydrogen) atoms. The molecule has 1 aromatic heterocycles. The minimum atomic E-state index is 0.594. The summed E-state index contributed by atoms with van der Waals surface area (Å²) in [5.74, 6) is 0.594. The molecule has 1 saturated heterocycles. The van der Waals surface area contributed by atoms with E-state index < -0.39 is 0 Å². The highest BCUT2D eigenvalue weighted by Crippen LogP contribution is 2.22. The maximum Gasteiger partial charge on any atom is 0.0662 e. The highest BCUT2D eigenvalue weighted by atomic mass is 15.1. The van der Waals surface area contributed by atoms with Crippen LogP contribution in [0.25, 0.3) is 0 Å². The quantitative estimate of drug-likeness (QED) is 0.617. The van der Waals surface area contributed by atoms with Crippen LogP contribution >= 0.6 is 0 Å². The Bertz CT molecular complexity index is 229. The van der Waals surface area contributed by atoms with Crippen molar-refractivity contribution in [2.45, 2.75) is 18.8 Å². The minimum Gasteiger partial charge on any atom is -0.242 e. The standard InChI is InChI=1S/C9H12N3/c1-2-9(12-11-5-1)8-3-6-10-7-4-8/h1-2,5,8H,3-4,6-7H2. The molecule has 63 valence electrons. The van der Waals surface area contributed by atoms with Gasteiger partial charge in [-0.3, -0.25) is 0 Å². The molecule has 0 aromatic carbocycles. The molecule has 0 saturated carbocycles. The lowest BCUT2D eigenvalue weighted by atomic mass is 9.95. The molecule has 0 unspecified atom stereocenters. The molecule has 0 amide bonds. The molecule has 2 rings (SSSR count). The number of aromatic nitrogens is 2. The first-order valence-corrected chi connectivity index (χ1v) is 4.37. The van der Waals surface area contributed by atoms with Crippen LogP contribution in [0.2, 0.25) is 0 Å². The molecule has 1 aliphatic rings. The van der Waals surface area contributed by atoms with Crippen LogP contribution < -0.4 is 5.32 Å². The maximum atomic E-state index is 4.30. The Hall–Kier alpha value is -0.960. The van der Waals surface area contributed by atoms with E-state index in [0.29, 0.717) is 5.92 Å². The fourth-order valence-electron chi connectivity index (χ4n) is 1.58. The SMILES string of the molecule is c1cnnc(C2CC[N]CC2)c1. The van der Waals surface area contributed by atoms with Gasteiger partial charge in [-0.1, -0.05) is 0 Å². The smallest absolute Gasteiger partial charge is 0.0662 e. The van der Waals surface area contributed by atoms with E-state index in [4.69, 9.17) is 0 Å². The summed E-state index contributed by atoms with van der Waals surface area (Å²) in [4.78, 5) is 0. The topological polar surface area (TPSA) is 39.9 Å². The zero-order valence-corrected chi connectivity index (χ0v) is 6.98. The molecule has 1 fully saturated rings. The Morgan fingerprint density at radius 3 is 2.75 bits per heavy atom. The van der Waals surface area contributed by atoms with Gasteiger partial charge in [0.2, 0.25) is 0 Å². The van der Waals surface area contributed by atoms with Gasteiger partial charge in [0.15, 0.2) is 0 Å². The fraction of sp³-hybridized carbons (Fsp3) is 0.556. The van der Waals surface area contributed by atoms with Gasteiger partial charge >= 0.3 is 0 Å². The summed E-state index contributed by atoms with van der Waals surface area (Å²) in [7, 11) is 0. The highest BCUT2D eigenvalue weighted by Gasteiger charge is 2.16. The van der Waals surface area contributed by atoms with Crippen molar-refractivity contribution in [3.05, 3.63) is 24.0 Å². The van der Waals surface area contributed by atoms with E-state index in [1.165, 1.54) is 0 Å². The van der Waals surface area contributed by atoms with E-state index in [9.17, 15) is 0 Å². The van der Waals surface area contributed by atoms with Crippen LogP contribution in [0.3, 0.4) is 0 Å². The average Bonchev–Trinajstić information content (AvgIpc) is 2.21. The number of rotatable bonds is 1. The van der Waals surface area contributed by atoms with Crippen molar-refractivity contribution in [2.75, 3.05) is 13.1 Å². The molecule has 0 spiro atoms. The number of nitrogens with zero attached hydrogens (tertiary/aromatic N) is 3. The number of hydrogen-bond acceptors (Lipinski definition) is 2. The Labute approximate surface area is 72.2 Å². The summed E-state index contributed by atoms with van der Waals surface area (Å²) in [6.07, 6.45) is 3.99. The van der Waals surface area contributed by atoms with Crippen molar-refractivity contribution in [2.24, 2.45) is 0 Å². The van der Waals surface area contributed by atoms with E-state index in [2.05, 4.69) is 21.6 Å². The molecular formula is C9H12N3. The highest BCUT2D eigenvalue weighted by molar-refractivity contribution is 5.07. The van der Waals surface area contributed by atoms with Crippen molar-refractivity contribution < 1.29 is 0 Å². The summed E-state index contributed by atoms with van der Waals surface area (Å²) in [6.45, 7) is 1.97. The van der Waals surface area contributed by atoms with Gasteiger partial charge in [0.25, 0.3) is 0 Å². The molecule has 0 bridgehead atoms. The van der Waals surface area contributed by atoms with Crippen LogP contribution in [-0.2, 0) is 0 Å². The predicted molar refractivity (Wildman–Crippen MR) is 45.9 cm³/mol. The summed E-state index contributed by atoms with van der Waals surface area (Å²) >= 11 is 0. The molecule has 1 aliphatic heterocycles. The molecular weight excluding hydrogens is 150 g/mol. The second-order valence-corrected chi connectivity index (χ2v) is 3.09. The molecule has 1 radical (unpaired) electrons. The predicted octanol–water partition coefficient (Wildman–Crippen LogP) is 0.958. The summed E-state index contributed by atoms with van der Waals surface area (Å²) in [5.41, 5.74) is 1.13. The van der Waals surface area contributed by atoms with Gasteiger partial charge in [-0.15, -0.1) is 0 Å². The first kappa shape index (κ1) is 7.68. The van der Waals surface area contributed by atoms with Crippen LogP contribution in [-0.4, -0.2) is 23.3 Å². The van der Waals surface area contributed by atoms with Crippen molar-refractivity contribution >= 4 is 0 Å². The van der Waals surface area contributed by atoms with E-state index in [1.54, 1.807) is 6.20 Å². The lowest BCUT2D eigenvalue weighted by Gasteiger charge is -2.19. The number of hydrogen-bond donors (Lipinski definition) is 0. The first-order valence-electron chi connectivity index (χ1n) is 4.37. The lowest BCUT2D eigenvalue weighted by Crippen LogP contribution is -2.21. The third-order valence-electron chi connectivity index (χ3n) is 2.28. The molecule has 0 atom stereocenters. The zero-order valence-electron chi connectivity index (χ0n) is 6.98. The van der Waals surface area contributed by atoms with Crippen molar-refractivity contribution in [1.82, 2.24) is 15.5 Å². The molecule has 0 N–H and O–H groups in total.